The van der Waals surface area contributed by atoms with E-state index in [1.165, 1.54) is 11.0 Å². The van der Waals surface area contributed by atoms with Crippen LogP contribution in [0.25, 0.3) is 0 Å². The fraction of sp³-hybridized carbons (Fsp3) is 0.750. The zero-order valence-corrected chi connectivity index (χ0v) is 14.2. The summed E-state index contributed by atoms with van der Waals surface area (Å²) in [6, 6.07) is 0. The lowest BCUT2D eigenvalue weighted by Gasteiger charge is -2.32. The van der Waals surface area contributed by atoms with E-state index in [2.05, 4.69) is 0 Å². The Morgan fingerprint density at radius 3 is 2.14 bits per heavy atom. The molecule has 6 heteroatoms. The molecule has 5 nitrogen and oxygen atoms in total. The molecule has 1 heterocycles. The molecular formula is C16H26FNO4. The van der Waals surface area contributed by atoms with E-state index in [9.17, 15) is 14.0 Å². The summed E-state index contributed by atoms with van der Waals surface area (Å²) in [6.45, 7) is 10.7. The van der Waals surface area contributed by atoms with Crippen molar-refractivity contribution < 1.29 is 23.5 Å². The molecule has 1 rings (SSSR count). The van der Waals surface area contributed by atoms with Gasteiger partial charge in [-0.05, 0) is 53.5 Å². The number of alkyl halides is 1. The molecule has 1 atom stereocenters. The number of hydrogen-bond acceptors (Lipinski definition) is 4. The Balaban J connectivity index is 2.63. The minimum absolute atomic E-state index is 0.108. The predicted molar refractivity (Wildman–Crippen MR) is 81.2 cm³/mol. The highest BCUT2D eigenvalue weighted by atomic mass is 19.1. The van der Waals surface area contributed by atoms with Crippen LogP contribution in [0.1, 0.15) is 48.0 Å². The van der Waals surface area contributed by atoms with Gasteiger partial charge in [0.1, 0.15) is 17.4 Å². The van der Waals surface area contributed by atoms with Crippen LogP contribution in [0, 0.1) is 0 Å². The van der Waals surface area contributed by atoms with E-state index < -0.39 is 29.4 Å². The van der Waals surface area contributed by atoms with Crippen molar-refractivity contribution in [2.75, 3.05) is 13.1 Å². The molecule has 0 aromatic rings. The van der Waals surface area contributed by atoms with Crippen LogP contribution in [0.4, 0.5) is 9.18 Å². The number of rotatable bonds is 1. The largest absolute Gasteiger partial charge is 0.457 e. The third-order valence-corrected chi connectivity index (χ3v) is 2.82. The topological polar surface area (TPSA) is 55.8 Å². The number of carbonyl (C=O) groups excluding carboxylic acids is 2. The lowest BCUT2D eigenvalue weighted by molar-refractivity contribution is -0.148. The number of esters is 1. The van der Waals surface area contributed by atoms with Gasteiger partial charge in [-0.1, -0.05) is 0 Å². The number of hydrogen-bond donors (Lipinski definition) is 0. The number of ether oxygens (including phenoxy) is 2. The number of halogens is 1. The van der Waals surface area contributed by atoms with E-state index in [1.54, 1.807) is 41.5 Å². The standard InChI is InChI=1S/C16H26FNO4/c1-15(2,3)21-13(19)9-11-7-8-18(10-12(11)17)14(20)22-16(4,5)6/h9,12H,7-8,10H2,1-6H3/b11-9+/t12-/m0/s1. The van der Waals surface area contributed by atoms with Crippen LogP contribution < -0.4 is 0 Å². The zero-order chi connectivity index (χ0) is 17.1. The Kier molecular flexibility index (Phi) is 5.59. The highest BCUT2D eigenvalue weighted by Gasteiger charge is 2.30. The Bertz CT molecular complexity index is 460. The highest BCUT2D eigenvalue weighted by molar-refractivity contribution is 5.83. The third-order valence-electron chi connectivity index (χ3n) is 2.82. The van der Waals surface area contributed by atoms with Gasteiger partial charge in [-0.15, -0.1) is 0 Å². The molecule has 0 N–H and O–H groups in total. The molecule has 1 aliphatic rings. The van der Waals surface area contributed by atoms with Crippen molar-refractivity contribution in [3.63, 3.8) is 0 Å². The average Bonchev–Trinajstić information content (AvgIpc) is 2.26. The number of piperidine rings is 1. The summed E-state index contributed by atoms with van der Waals surface area (Å²) in [5.74, 6) is -0.559. The van der Waals surface area contributed by atoms with E-state index >= 15 is 0 Å². The maximum absolute atomic E-state index is 14.2. The smallest absolute Gasteiger partial charge is 0.410 e. The van der Waals surface area contributed by atoms with Gasteiger partial charge in [0.25, 0.3) is 0 Å². The van der Waals surface area contributed by atoms with E-state index in [0.29, 0.717) is 18.5 Å². The summed E-state index contributed by atoms with van der Waals surface area (Å²) in [4.78, 5) is 24.9. The molecule has 0 unspecified atom stereocenters. The van der Waals surface area contributed by atoms with E-state index in [4.69, 9.17) is 9.47 Å². The highest BCUT2D eigenvalue weighted by Crippen LogP contribution is 2.22. The summed E-state index contributed by atoms with van der Waals surface area (Å²) in [6.07, 6.45) is -0.428. The van der Waals surface area contributed by atoms with Crippen LogP contribution in [0.5, 0.6) is 0 Å². The maximum atomic E-state index is 14.2. The molecule has 0 aliphatic carbocycles. The van der Waals surface area contributed by atoms with Gasteiger partial charge in [-0.2, -0.15) is 0 Å². The number of carbonyl (C=O) groups is 2. The van der Waals surface area contributed by atoms with Crippen molar-refractivity contribution in [2.45, 2.75) is 65.3 Å². The number of amides is 1. The van der Waals surface area contributed by atoms with E-state index in [0.717, 1.165) is 0 Å². The minimum atomic E-state index is -1.38. The summed E-state index contributed by atoms with van der Waals surface area (Å²) < 4.78 is 24.5. The maximum Gasteiger partial charge on any atom is 0.410 e. The molecule has 0 spiro atoms. The zero-order valence-electron chi connectivity index (χ0n) is 14.2. The Morgan fingerprint density at radius 1 is 1.14 bits per heavy atom. The average molecular weight is 315 g/mol. The summed E-state index contributed by atoms with van der Waals surface area (Å²) >= 11 is 0. The first-order chi connectivity index (χ1) is 9.87. The van der Waals surface area contributed by atoms with Crippen molar-refractivity contribution in [1.82, 2.24) is 4.90 Å². The van der Waals surface area contributed by atoms with Crippen LogP contribution in [0.15, 0.2) is 11.6 Å². The van der Waals surface area contributed by atoms with Gasteiger partial charge in [0.15, 0.2) is 0 Å². The first-order valence-corrected chi connectivity index (χ1v) is 7.43. The van der Waals surface area contributed by atoms with Gasteiger partial charge >= 0.3 is 12.1 Å². The molecule has 0 radical (unpaired) electrons. The SMILES string of the molecule is CC(C)(C)OC(=O)/C=C1\CCN(C(=O)OC(C)(C)C)C[C@@H]1F. The van der Waals surface area contributed by atoms with Gasteiger partial charge in [0.2, 0.25) is 0 Å². The summed E-state index contributed by atoms with van der Waals surface area (Å²) in [5.41, 5.74) is -0.874. The third kappa shape index (κ3) is 6.45. The summed E-state index contributed by atoms with van der Waals surface area (Å²) in [7, 11) is 0. The molecule has 0 bridgehead atoms. The first-order valence-electron chi connectivity index (χ1n) is 7.43. The lowest BCUT2D eigenvalue weighted by Crippen LogP contribution is -2.44. The van der Waals surface area contributed by atoms with Crippen molar-refractivity contribution in [3.8, 4) is 0 Å². The normalized spacial score (nSPS) is 21.7. The van der Waals surface area contributed by atoms with Gasteiger partial charge in [0, 0.05) is 12.6 Å². The second-order valence-corrected chi connectivity index (χ2v) is 7.40. The molecule has 1 amide bonds. The lowest BCUT2D eigenvalue weighted by atomic mass is 10.0. The van der Waals surface area contributed by atoms with Crippen LogP contribution in [-0.4, -0.2) is 47.4 Å². The van der Waals surface area contributed by atoms with Crippen molar-refractivity contribution in [2.24, 2.45) is 0 Å². The molecule has 22 heavy (non-hydrogen) atoms. The predicted octanol–water partition coefficient (Wildman–Crippen LogP) is 3.23. The quantitative estimate of drug-likeness (QED) is 0.550. The molecule has 1 fully saturated rings. The van der Waals surface area contributed by atoms with Gasteiger partial charge < -0.3 is 14.4 Å². The van der Waals surface area contributed by atoms with Crippen LogP contribution >= 0.6 is 0 Å². The molecule has 0 aromatic heterocycles. The van der Waals surface area contributed by atoms with Gasteiger partial charge in [-0.3, -0.25) is 0 Å². The van der Waals surface area contributed by atoms with Crippen LogP contribution in [-0.2, 0) is 14.3 Å². The molecule has 1 aliphatic heterocycles. The Hall–Kier alpha value is -1.59. The second-order valence-electron chi connectivity index (χ2n) is 7.40. The van der Waals surface area contributed by atoms with E-state index in [1.807, 2.05) is 0 Å². The second kappa shape index (κ2) is 6.67. The first kappa shape index (κ1) is 18.5. The molecular weight excluding hydrogens is 289 g/mol. The molecule has 0 saturated carbocycles. The fourth-order valence-corrected chi connectivity index (χ4v) is 1.96. The Morgan fingerprint density at radius 2 is 1.68 bits per heavy atom. The van der Waals surface area contributed by atoms with Crippen molar-refractivity contribution in [3.05, 3.63) is 11.6 Å². The monoisotopic (exact) mass is 315 g/mol. The minimum Gasteiger partial charge on any atom is -0.457 e. The van der Waals surface area contributed by atoms with Gasteiger partial charge in [0.05, 0.1) is 6.54 Å². The van der Waals surface area contributed by atoms with Crippen molar-refractivity contribution >= 4 is 12.1 Å². The van der Waals surface area contributed by atoms with E-state index in [-0.39, 0.29) is 6.54 Å². The van der Waals surface area contributed by atoms with Crippen LogP contribution in [0.2, 0.25) is 0 Å². The van der Waals surface area contributed by atoms with Gasteiger partial charge in [-0.25, -0.2) is 14.0 Å². The fourth-order valence-electron chi connectivity index (χ4n) is 1.96. The molecule has 1 saturated heterocycles. The Labute approximate surface area is 131 Å². The van der Waals surface area contributed by atoms with Crippen molar-refractivity contribution in [1.29, 1.82) is 0 Å². The summed E-state index contributed by atoms with van der Waals surface area (Å²) in [5, 5.41) is 0. The van der Waals surface area contributed by atoms with Crippen LogP contribution in [0.3, 0.4) is 0 Å². The molecule has 0 aromatic carbocycles. The number of nitrogens with zero attached hydrogens (tertiary/aromatic N) is 1. The number of likely N-dealkylation sites (tertiary alicyclic amines) is 1. The molecule has 126 valence electrons.